The van der Waals surface area contributed by atoms with Crippen LogP contribution in [-0.4, -0.2) is 48.0 Å². The third-order valence-corrected chi connectivity index (χ3v) is 7.20. The van der Waals surface area contributed by atoms with E-state index in [-0.39, 0.29) is 22.2 Å². The molecule has 0 bridgehead atoms. The molecule has 2 saturated heterocycles. The summed E-state index contributed by atoms with van der Waals surface area (Å²) in [5.74, 6) is 0. The first-order chi connectivity index (χ1) is 12.4. The van der Waals surface area contributed by atoms with Gasteiger partial charge in [0.25, 0.3) is 5.69 Å². The predicted molar refractivity (Wildman–Crippen MR) is 102 cm³/mol. The second-order valence-electron chi connectivity index (χ2n) is 8.42. The van der Waals surface area contributed by atoms with Gasteiger partial charge in [0, 0.05) is 25.2 Å². The largest absolute Gasteiger partial charge is 0.378 e. The summed E-state index contributed by atoms with van der Waals surface area (Å²) in [7, 11) is -3.81. The second kappa shape index (κ2) is 6.72. The number of benzene rings is 1. The average molecular weight is 397 g/mol. The van der Waals surface area contributed by atoms with Gasteiger partial charge in [0.15, 0.2) is 0 Å². The Morgan fingerprint density at radius 1 is 1.22 bits per heavy atom. The molecule has 0 radical (unpaired) electrons. The molecule has 27 heavy (non-hydrogen) atoms. The number of anilines is 1. The lowest BCUT2D eigenvalue weighted by Gasteiger charge is -2.29. The first-order valence-electron chi connectivity index (χ1n) is 9.18. The van der Waals surface area contributed by atoms with Gasteiger partial charge >= 0.3 is 0 Å². The standard InChI is InChI=1S/C18H27N3O5S/c1-17(2)12-16(18(3,4)26-17)19-14-8-7-13(21(22)23)11-15(14)27(24,25)20-9-5-6-10-20/h7-8,11,16,19H,5-6,9-10,12H2,1-4H3. The van der Waals surface area contributed by atoms with Gasteiger partial charge in [-0.2, -0.15) is 4.31 Å². The zero-order valence-electron chi connectivity index (χ0n) is 16.2. The Balaban J connectivity index is 2.01. The van der Waals surface area contributed by atoms with Gasteiger partial charge in [0.05, 0.1) is 27.9 Å². The van der Waals surface area contributed by atoms with Gasteiger partial charge in [-0.25, -0.2) is 8.42 Å². The predicted octanol–water partition coefficient (Wildman–Crippen LogP) is 3.14. The molecule has 2 fully saturated rings. The summed E-state index contributed by atoms with van der Waals surface area (Å²) < 4.78 is 33.7. The Morgan fingerprint density at radius 2 is 1.85 bits per heavy atom. The highest BCUT2D eigenvalue weighted by molar-refractivity contribution is 7.89. The lowest BCUT2D eigenvalue weighted by molar-refractivity contribution is -0.385. The highest BCUT2D eigenvalue weighted by atomic mass is 32.2. The van der Waals surface area contributed by atoms with E-state index in [1.807, 2.05) is 27.7 Å². The van der Waals surface area contributed by atoms with E-state index in [0.29, 0.717) is 25.2 Å². The highest BCUT2D eigenvalue weighted by Crippen LogP contribution is 2.40. The molecule has 0 aromatic heterocycles. The molecule has 9 heteroatoms. The number of nitrogens with one attached hydrogen (secondary N) is 1. The number of sulfonamides is 1. The van der Waals surface area contributed by atoms with Gasteiger partial charge in [0.2, 0.25) is 10.0 Å². The third kappa shape index (κ3) is 3.95. The van der Waals surface area contributed by atoms with Gasteiger partial charge in [-0.3, -0.25) is 10.1 Å². The van der Waals surface area contributed by atoms with E-state index in [1.54, 1.807) is 0 Å². The van der Waals surface area contributed by atoms with Crippen molar-refractivity contribution in [2.45, 2.75) is 69.1 Å². The Hall–Kier alpha value is -1.71. The zero-order chi connectivity index (χ0) is 20.0. The fourth-order valence-electron chi connectivity index (χ4n) is 4.00. The molecular formula is C18H27N3O5S. The number of rotatable bonds is 5. The molecule has 1 unspecified atom stereocenters. The van der Waals surface area contributed by atoms with E-state index in [9.17, 15) is 18.5 Å². The van der Waals surface area contributed by atoms with Gasteiger partial charge < -0.3 is 10.1 Å². The van der Waals surface area contributed by atoms with Crippen LogP contribution >= 0.6 is 0 Å². The monoisotopic (exact) mass is 397 g/mol. The van der Waals surface area contributed by atoms with E-state index in [4.69, 9.17) is 4.74 Å². The molecule has 1 aromatic rings. The normalized spacial score (nSPS) is 24.8. The van der Waals surface area contributed by atoms with E-state index in [1.165, 1.54) is 16.4 Å². The molecule has 2 aliphatic heterocycles. The Morgan fingerprint density at radius 3 is 2.37 bits per heavy atom. The average Bonchev–Trinajstić information content (AvgIpc) is 3.14. The summed E-state index contributed by atoms with van der Waals surface area (Å²) in [6.45, 7) is 8.78. The number of non-ortho nitro benzene ring substituents is 1. The molecule has 1 aromatic carbocycles. The van der Waals surface area contributed by atoms with Crippen LogP contribution in [0.3, 0.4) is 0 Å². The SMILES string of the molecule is CC1(C)CC(Nc2ccc([N+](=O)[O-])cc2S(=O)(=O)N2CCCC2)C(C)(C)O1. The Kier molecular flexibility index (Phi) is 4.98. The molecule has 3 rings (SSSR count). The van der Waals surface area contributed by atoms with Crippen molar-refractivity contribution in [1.29, 1.82) is 0 Å². The van der Waals surface area contributed by atoms with Crippen molar-refractivity contribution in [1.82, 2.24) is 4.31 Å². The number of hydrogen-bond donors (Lipinski definition) is 1. The molecule has 2 heterocycles. The van der Waals surface area contributed by atoms with E-state index < -0.39 is 20.5 Å². The summed E-state index contributed by atoms with van der Waals surface area (Å²) in [4.78, 5) is 10.6. The van der Waals surface area contributed by atoms with Crippen molar-refractivity contribution < 1.29 is 18.1 Å². The van der Waals surface area contributed by atoms with Gasteiger partial charge in [-0.15, -0.1) is 0 Å². The van der Waals surface area contributed by atoms with Crippen molar-refractivity contribution in [2.75, 3.05) is 18.4 Å². The molecule has 8 nitrogen and oxygen atoms in total. The fraction of sp³-hybridized carbons (Fsp3) is 0.667. The molecule has 0 aliphatic carbocycles. The second-order valence-corrected chi connectivity index (χ2v) is 10.3. The summed E-state index contributed by atoms with van der Waals surface area (Å²) in [5.41, 5.74) is -0.692. The maximum Gasteiger partial charge on any atom is 0.270 e. The van der Waals surface area contributed by atoms with Crippen LogP contribution in [0.1, 0.15) is 47.0 Å². The zero-order valence-corrected chi connectivity index (χ0v) is 17.0. The van der Waals surface area contributed by atoms with Crippen molar-refractivity contribution in [3.8, 4) is 0 Å². The molecule has 0 saturated carbocycles. The van der Waals surface area contributed by atoms with Crippen LogP contribution in [-0.2, 0) is 14.8 Å². The van der Waals surface area contributed by atoms with Crippen LogP contribution in [0.2, 0.25) is 0 Å². The number of ether oxygens (including phenoxy) is 1. The smallest absolute Gasteiger partial charge is 0.270 e. The lowest BCUT2D eigenvalue weighted by Crippen LogP contribution is -2.39. The van der Waals surface area contributed by atoms with Crippen LogP contribution in [0.5, 0.6) is 0 Å². The van der Waals surface area contributed by atoms with Crippen LogP contribution in [0.15, 0.2) is 23.1 Å². The first-order valence-corrected chi connectivity index (χ1v) is 10.6. The molecule has 0 spiro atoms. The molecule has 1 atom stereocenters. The van der Waals surface area contributed by atoms with E-state index >= 15 is 0 Å². The Bertz CT molecular complexity index is 845. The molecular weight excluding hydrogens is 370 g/mol. The maximum absolute atomic E-state index is 13.1. The third-order valence-electron chi connectivity index (χ3n) is 5.26. The van der Waals surface area contributed by atoms with Crippen LogP contribution in [0, 0.1) is 10.1 Å². The highest BCUT2D eigenvalue weighted by Gasteiger charge is 2.46. The first kappa shape index (κ1) is 20.0. The number of hydrogen-bond acceptors (Lipinski definition) is 6. The minimum atomic E-state index is -3.81. The topological polar surface area (TPSA) is 102 Å². The number of nitrogens with zero attached hydrogens (tertiary/aromatic N) is 2. The number of nitro groups is 1. The van der Waals surface area contributed by atoms with Gasteiger partial charge in [0.1, 0.15) is 4.90 Å². The van der Waals surface area contributed by atoms with Crippen molar-refractivity contribution in [3.63, 3.8) is 0 Å². The summed E-state index contributed by atoms with van der Waals surface area (Å²) >= 11 is 0. The molecule has 150 valence electrons. The van der Waals surface area contributed by atoms with Crippen LogP contribution in [0.25, 0.3) is 0 Å². The summed E-state index contributed by atoms with van der Waals surface area (Å²) in [5, 5.41) is 14.5. The van der Waals surface area contributed by atoms with Crippen molar-refractivity contribution in [2.24, 2.45) is 0 Å². The fourth-order valence-corrected chi connectivity index (χ4v) is 5.69. The quantitative estimate of drug-likeness (QED) is 0.605. The Labute approximate surface area is 160 Å². The molecule has 1 N–H and O–H groups in total. The summed E-state index contributed by atoms with van der Waals surface area (Å²) in [6, 6.07) is 3.85. The maximum atomic E-state index is 13.1. The minimum absolute atomic E-state index is 0.0425. The van der Waals surface area contributed by atoms with Gasteiger partial charge in [-0.1, -0.05) is 0 Å². The van der Waals surface area contributed by atoms with E-state index in [0.717, 1.165) is 18.9 Å². The van der Waals surface area contributed by atoms with Crippen LogP contribution < -0.4 is 5.32 Å². The minimum Gasteiger partial charge on any atom is -0.378 e. The molecule has 0 amide bonds. The van der Waals surface area contributed by atoms with Crippen molar-refractivity contribution in [3.05, 3.63) is 28.3 Å². The lowest BCUT2D eigenvalue weighted by atomic mass is 9.94. The molecule has 2 aliphatic rings. The summed E-state index contributed by atoms with van der Waals surface area (Å²) in [6.07, 6.45) is 2.30. The van der Waals surface area contributed by atoms with Crippen LogP contribution in [0.4, 0.5) is 11.4 Å². The van der Waals surface area contributed by atoms with Crippen molar-refractivity contribution >= 4 is 21.4 Å². The number of nitro benzene ring substituents is 1. The van der Waals surface area contributed by atoms with Gasteiger partial charge in [-0.05, 0) is 53.0 Å². The van der Waals surface area contributed by atoms with E-state index in [2.05, 4.69) is 5.32 Å².